The molecular weight excluding hydrogens is 448 g/mol. The fraction of sp³-hybridized carbons (Fsp3) is 0.417. The highest BCUT2D eigenvalue weighted by Gasteiger charge is 2.33. The summed E-state index contributed by atoms with van der Waals surface area (Å²) in [5.74, 6) is 1.51. The molecule has 182 valence electrons. The molecule has 2 aliphatic heterocycles. The van der Waals surface area contributed by atoms with Crippen LogP contribution in [0.2, 0.25) is 0 Å². The van der Waals surface area contributed by atoms with E-state index in [9.17, 15) is 14.7 Å². The molecule has 3 aromatic rings. The number of pyridine rings is 2. The highest BCUT2D eigenvalue weighted by Crippen LogP contribution is 2.26. The van der Waals surface area contributed by atoms with E-state index in [1.54, 1.807) is 51.2 Å². The first-order chi connectivity index (χ1) is 17.1. The number of piperidine rings is 1. The third-order valence-corrected chi connectivity index (χ3v) is 6.48. The van der Waals surface area contributed by atoms with Gasteiger partial charge in [0.1, 0.15) is 23.7 Å². The van der Waals surface area contributed by atoms with Gasteiger partial charge in [0, 0.05) is 32.4 Å². The van der Waals surface area contributed by atoms with Gasteiger partial charge < -0.3 is 14.6 Å². The van der Waals surface area contributed by atoms with Crippen molar-refractivity contribution in [3.05, 3.63) is 48.4 Å². The molecule has 11 nitrogen and oxygen atoms in total. The van der Waals surface area contributed by atoms with Gasteiger partial charge in [0.05, 0.1) is 18.2 Å². The number of hydrogen-bond acceptors (Lipinski definition) is 7. The number of likely N-dealkylation sites (tertiary alicyclic amines) is 1. The highest BCUT2D eigenvalue weighted by atomic mass is 16.3. The van der Waals surface area contributed by atoms with E-state index < -0.39 is 0 Å². The topological polar surface area (TPSA) is 121 Å². The molecular formula is C24H28N8O3. The SMILES string of the molecule is C[C@H](CO)n1cnnc1-c1cccc(N2CCN(c3ccc(C(=O)N4CCCCC4)cn3)C2=O)n1. The third-order valence-electron chi connectivity index (χ3n) is 6.48. The lowest BCUT2D eigenvalue weighted by Crippen LogP contribution is -2.36. The van der Waals surface area contributed by atoms with Gasteiger partial charge in [-0.25, -0.2) is 14.8 Å². The number of aromatic nitrogens is 5. The fourth-order valence-corrected chi connectivity index (χ4v) is 4.45. The Morgan fingerprint density at radius 1 is 1.03 bits per heavy atom. The summed E-state index contributed by atoms with van der Waals surface area (Å²) >= 11 is 0. The van der Waals surface area contributed by atoms with Crippen LogP contribution < -0.4 is 9.80 Å². The second-order valence-corrected chi connectivity index (χ2v) is 8.82. The van der Waals surface area contributed by atoms with E-state index in [2.05, 4.69) is 20.2 Å². The molecule has 1 atom stereocenters. The molecule has 1 N–H and O–H groups in total. The molecule has 2 fully saturated rings. The number of carbonyl (C=O) groups excluding carboxylic acids is 2. The van der Waals surface area contributed by atoms with Crippen LogP contribution in [-0.4, -0.2) is 79.5 Å². The molecule has 3 amide bonds. The van der Waals surface area contributed by atoms with Crippen molar-refractivity contribution < 1.29 is 14.7 Å². The summed E-state index contributed by atoms with van der Waals surface area (Å²) in [5, 5.41) is 17.6. The molecule has 0 aliphatic carbocycles. The molecule has 0 radical (unpaired) electrons. The van der Waals surface area contributed by atoms with Gasteiger partial charge in [-0.2, -0.15) is 0 Å². The quantitative estimate of drug-likeness (QED) is 0.580. The van der Waals surface area contributed by atoms with Crippen LogP contribution in [0.5, 0.6) is 0 Å². The van der Waals surface area contributed by atoms with E-state index in [0.717, 1.165) is 32.4 Å². The molecule has 3 aromatic heterocycles. The molecule has 5 rings (SSSR count). The normalized spacial score (nSPS) is 17.2. The number of carbonyl (C=O) groups is 2. The largest absolute Gasteiger partial charge is 0.394 e. The average Bonchev–Trinajstić information content (AvgIpc) is 3.56. The zero-order chi connectivity index (χ0) is 24.4. The van der Waals surface area contributed by atoms with Crippen molar-refractivity contribution in [2.45, 2.75) is 32.2 Å². The average molecular weight is 477 g/mol. The van der Waals surface area contributed by atoms with Crippen molar-refractivity contribution >= 4 is 23.6 Å². The number of urea groups is 1. The van der Waals surface area contributed by atoms with Crippen LogP contribution in [0.4, 0.5) is 16.4 Å². The lowest BCUT2D eigenvalue weighted by atomic mass is 10.1. The van der Waals surface area contributed by atoms with Gasteiger partial charge in [-0.3, -0.25) is 14.6 Å². The van der Waals surface area contributed by atoms with Gasteiger partial charge in [0.2, 0.25) is 0 Å². The monoisotopic (exact) mass is 476 g/mol. The number of amides is 3. The maximum Gasteiger partial charge on any atom is 0.331 e. The standard InChI is InChI=1S/C24H28N8O3/c1-17(15-33)32-16-26-28-22(32)19-6-5-7-21(27-19)31-13-12-30(24(31)35)20-9-8-18(14-25-20)23(34)29-10-3-2-4-11-29/h5-9,14,16-17,33H,2-4,10-13,15H2,1H3/t17-/m1/s1. The Labute approximate surface area is 203 Å². The van der Waals surface area contributed by atoms with Gasteiger partial charge in [-0.1, -0.05) is 6.07 Å². The van der Waals surface area contributed by atoms with Gasteiger partial charge >= 0.3 is 6.03 Å². The van der Waals surface area contributed by atoms with Crippen molar-refractivity contribution in [3.63, 3.8) is 0 Å². The van der Waals surface area contributed by atoms with Crippen LogP contribution in [-0.2, 0) is 0 Å². The lowest BCUT2D eigenvalue weighted by molar-refractivity contribution is 0.0724. The minimum absolute atomic E-state index is 0.0116. The van der Waals surface area contributed by atoms with Crippen LogP contribution in [0.15, 0.2) is 42.9 Å². The summed E-state index contributed by atoms with van der Waals surface area (Å²) in [6.07, 6.45) is 6.33. The number of rotatable bonds is 6. The Balaban J connectivity index is 1.32. The smallest absolute Gasteiger partial charge is 0.331 e. The van der Waals surface area contributed by atoms with E-state index in [1.165, 1.54) is 0 Å². The predicted molar refractivity (Wildman–Crippen MR) is 129 cm³/mol. The summed E-state index contributed by atoms with van der Waals surface area (Å²) in [6, 6.07) is 8.41. The summed E-state index contributed by atoms with van der Waals surface area (Å²) < 4.78 is 1.75. The van der Waals surface area contributed by atoms with E-state index in [4.69, 9.17) is 0 Å². The van der Waals surface area contributed by atoms with E-state index in [1.807, 2.05) is 17.9 Å². The van der Waals surface area contributed by atoms with Crippen LogP contribution >= 0.6 is 0 Å². The first kappa shape index (κ1) is 22.9. The fourth-order valence-electron chi connectivity index (χ4n) is 4.45. The zero-order valence-corrected chi connectivity index (χ0v) is 19.6. The summed E-state index contributed by atoms with van der Waals surface area (Å²) in [4.78, 5) is 40.0. The van der Waals surface area contributed by atoms with Crippen LogP contribution in [0.25, 0.3) is 11.5 Å². The molecule has 11 heteroatoms. The number of anilines is 2. The third kappa shape index (κ3) is 4.46. The lowest BCUT2D eigenvalue weighted by Gasteiger charge is -2.26. The van der Waals surface area contributed by atoms with Gasteiger partial charge in [0.25, 0.3) is 5.91 Å². The Hall–Kier alpha value is -3.86. The Morgan fingerprint density at radius 2 is 1.80 bits per heavy atom. The number of nitrogens with zero attached hydrogens (tertiary/aromatic N) is 8. The predicted octanol–water partition coefficient (Wildman–Crippen LogP) is 2.36. The number of aliphatic hydroxyl groups excluding tert-OH is 1. The Bertz CT molecular complexity index is 1210. The highest BCUT2D eigenvalue weighted by molar-refractivity contribution is 6.05. The second kappa shape index (κ2) is 9.79. The van der Waals surface area contributed by atoms with Crippen molar-refractivity contribution in [1.29, 1.82) is 0 Å². The molecule has 0 unspecified atom stereocenters. The zero-order valence-electron chi connectivity index (χ0n) is 19.6. The molecule has 0 spiro atoms. The molecule has 2 aliphatic rings. The molecule has 5 heterocycles. The molecule has 0 saturated carbocycles. The number of hydrogen-bond donors (Lipinski definition) is 1. The summed E-state index contributed by atoms with van der Waals surface area (Å²) in [7, 11) is 0. The van der Waals surface area contributed by atoms with E-state index in [-0.39, 0.29) is 24.6 Å². The van der Waals surface area contributed by atoms with Crippen molar-refractivity contribution in [2.75, 3.05) is 42.6 Å². The van der Waals surface area contributed by atoms with Gasteiger partial charge in [-0.05, 0) is 50.5 Å². The van der Waals surface area contributed by atoms with Crippen molar-refractivity contribution in [2.24, 2.45) is 0 Å². The molecule has 0 aromatic carbocycles. The summed E-state index contributed by atoms with van der Waals surface area (Å²) in [5.41, 5.74) is 1.10. The maximum atomic E-state index is 13.2. The Kier molecular flexibility index (Phi) is 6.41. The van der Waals surface area contributed by atoms with Crippen LogP contribution in [0.3, 0.4) is 0 Å². The number of aliphatic hydroxyl groups is 1. The van der Waals surface area contributed by atoms with E-state index in [0.29, 0.717) is 41.8 Å². The minimum Gasteiger partial charge on any atom is -0.394 e. The van der Waals surface area contributed by atoms with Crippen LogP contribution in [0, 0.1) is 0 Å². The molecule has 2 saturated heterocycles. The summed E-state index contributed by atoms with van der Waals surface area (Å²) in [6.45, 7) is 4.26. The molecule has 0 bridgehead atoms. The van der Waals surface area contributed by atoms with Crippen LogP contribution in [0.1, 0.15) is 42.6 Å². The minimum atomic E-state index is -0.234. The Morgan fingerprint density at radius 3 is 2.51 bits per heavy atom. The first-order valence-corrected chi connectivity index (χ1v) is 11.9. The van der Waals surface area contributed by atoms with Gasteiger partial charge in [-0.15, -0.1) is 10.2 Å². The van der Waals surface area contributed by atoms with Crippen molar-refractivity contribution in [3.8, 4) is 11.5 Å². The van der Waals surface area contributed by atoms with Crippen molar-refractivity contribution in [1.82, 2.24) is 29.6 Å². The van der Waals surface area contributed by atoms with E-state index >= 15 is 0 Å². The van der Waals surface area contributed by atoms with Gasteiger partial charge in [0.15, 0.2) is 5.82 Å². The molecule has 35 heavy (non-hydrogen) atoms. The maximum absolute atomic E-state index is 13.2. The second-order valence-electron chi connectivity index (χ2n) is 8.82. The first-order valence-electron chi connectivity index (χ1n) is 11.9.